The summed E-state index contributed by atoms with van der Waals surface area (Å²) in [5, 5.41) is 0. The molecule has 0 aromatic heterocycles. The Morgan fingerprint density at radius 1 is 1.42 bits per heavy atom. The third kappa shape index (κ3) is 4.22. The fourth-order valence-corrected chi connectivity index (χ4v) is 1.81. The topological polar surface area (TPSA) is 64.8 Å². The molecule has 0 saturated heterocycles. The highest BCUT2D eigenvalue weighted by Crippen LogP contribution is 2.19. The van der Waals surface area contributed by atoms with E-state index in [-0.39, 0.29) is 12.5 Å². The van der Waals surface area contributed by atoms with Gasteiger partial charge in [-0.05, 0) is 13.0 Å². The van der Waals surface area contributed by atoms with E-state index in [9.17, 15) is 4.79 Å². The van der Waals surface area contributed by atoms with Crippen molar-refractivity contribution in [2.24, 2.45) is 5.73 Å². The van der Waals surface area contributed by atoms with E-state index in [2.05, 4.69) is 0 Å². The normalized spacial score (nSPS) is 12.0. The molecule has 19 heavy (non-hydrogen) atoms. The summed E-state index contributed by atoms with van der Waals surface area (Å²) in [5.41, 5.74) is 6.46. The van der Waals surface area contributed by atoms with Gasteiger partial charge in [-0.3, -0.25) is 4.79 Å². The average molecular weight is 266 g/mol. The molecule has 5 heteroatoms. The predicted molar refractivity (Wildman–Crippen MR) is 73.9 cm³/mol. The molecular formula is C14H22N2O3. The lowest BCUT2D eigenvalue weighted by atomic mass is 10.2. The number of carbonyl (C=O) groups excluding carboxylic acids is 1. The van der Waals surface area contributed by atoms with Crippen molar-refractivity contribution in [3.8, 4) is 5.75 Å². The smallest absolute Gasteiger partial charge is 0.253 e. The molecule has 1 unspecified atom stereocenters. The Balaban J connectivity index is 2.76. The van der Waals surface area contributed by atoms with Crippen LogP contribution in [0, 0.1) is 0 Å². The number of carbonyl (C=O) groups is 1. The predicted octanol–water partition coefficient (Wildman–Crippen LogP) is 1.02. The Bertz CT molecular complexity index is 405. The highest BCUT2D eigenvalue weighted by atomic mass is 16.5. The van der Waals surface area contributed by atoms with Gasteiger partial charge in [-0.2, -0.15) is 0 Å². The van der Waals surface area contributed by atoms with E-state index in [1.54, 1.807) is 11.9 Å². The molecule has 1 aromatic carbocycles. The zero-order valence-electron chi connectivity index (χ0n) is 11.8. The van der Waals surface area contributed by atoms with Gasteiger partial charge in [0.25, 0.3) is 5.91 Å². The van der Waals surface area contributed by atoms with Crippen LogP contribution in [0.25, 0.3) is 0 Å². The third-order valence-corrected chi connectivity index (χ3v) is 2.83. The second-order valence-corrected chi connectivity index (χ2v) is 4.20. The minimum atomic E-state index is -0.593. The van der Waals surface area contributed by atoms with E-state index >= 15 is 0 Å². The van der Waals surface area contributed by atoms with E-state index < -0.39 is 6.10 Å². The first-order valence-electron chi connectivity index (χ1n) is 6.32. The maximum Gasteiger partial charge on any atom is 0.253 e. The maximum atomic E-state index is 12.1. The summed E-state index contributed by atoms with van der Waals surface area (Å²) >= 11 is 0. The molecule has 0 radical (unpaired) electrons. The Kier molecular flexibility index (Phi) is 6.32. The zero-order chi connectivity index (χ0) is 14.3. The molecule has 5 nitrogen and oxygen atoms in total. The second kappa shape index (κ2) is 7.76. The lowest BCUT2D eigenvalue weighted by Gasteiger charge is -2.23. The summed E-state index contributed by atoms with van der Waals surface area (Å²) in [4.78, 5) is 13.7. The summed E-state index contributed by atoms with van der Waals surface area (Å²) < 4.78 is 10.6. The van der Waals surface area contributed by atoms with Crippen molar-refractivity contribution in [3.05, 3.63) is 29.8 Å². The molecule has 2 N–H and O–H groups in total. The SMILES string of the molecule is CCOc1ccccc1CN(C)C(=O)C(CN)OC. The number of amides is 1. The zero-order valence-corrected chi connectivity index (χ0v) is 11.8. The number of benzene rings is 1. The molecule has 0 aliphatic rings. The number of hydrogen-bond acceptors (Lipinski definition) is 4. The summed E-state index contributed by atoms with van der Waals surface area (Å²) in [6, 6.07) is 7.67. The van der Waals surface area contributed by atoms with Crippen molar-refractivity contribution in [3.63, 3.8) is 0 Å². The first-order chi connectivity index (χ1) is 9.13. The molecule has 1 aromatic rings. The largest absolute Gasteiger partial charge is 0.494 e. The highest BCUT2D eigenvalue weighted by molar-refractivity contribution is 5.81. The maximum absolute atomic E-state index is 12.1. The minimum Gasteiger partial charge on any atom is -0.494 e. The van der Waals surface area contributed by atoms with E-state index in [0.29, 0.717) is 13.2 Å². The second-order valence-electron chi connectivity index (χ2n) is 4.20. The van der Waals surface area contributed by atoms with Gasteiger partial charge < -0.3 is 20.1 Å². The molecular weight excluding hydrogens is 244 g/mol. The van der Waals surface area contributed by atoms with Gasteiger partial charge in [0.15, 0.2) is 0 Å². The van der Waals surface area contributed by atoms with Crippen LogP contribution in [0.3, 0.4) is 0 Å². The molecule has 0 aliphatic carbocycles. The van der Waals surface area contributed by atoms with Crippen LogP contribution in [0.1, 0.15) is 12.5 Å². The van der Waals surface area contributed by atoms with Crippen LogP contribution in [0.5, 0.6) is 5.75 Å². The minimum absolute atomic E-state index is 0.128. The summed E-state index contributed by atoms with van der Waals surface area (Å²) in [6.07, 6.45) is -0.593. The van der Waals surface area contributed by atoms with Crippen molar-refractivity contribution < 1.29 is 14.3 Å². The third-order valence-electron chi connectivity index (χ3n) is 2.83. The van der Waals surface area contributed by atoms with Gasteiger partial charge >= 0.3 is 0 Å². The van der Waals surface area contributed by atoms with E-state index in [1.165, 1.54) is 7.11 Å². The lowest BCUT2D eigenvalue weighted by molar-refractivity contribution is -0.140. The van der Waals surface area contributed by atoms with E-state index in [0.717, 1.165) is 11.3 Å². The first-order valence-corrected chi connectivity index (χ1v) is 6.32. The summed E-state index contributed by atoms with van der Waals surface area (Å²) in [6.45, 7) is 3.17. The van der Waals surface area contributed by atoms with Crippen LogP contribution < -0.4 is 10.5 Å². The summed E-state index contributed by atoms with van der Waals surface area (Å²) in [5.74, 6) is 0.669. The van der Waals surface area contributed by atoms with Gasteiger partial charge in [0, 0.05) is 32.8 Å². The van der Waals surface area contributed by atoms with Crippen molar-refractivity contribution in [2.45, 2.75) is 19.6 Å². The summed E-state index contributed by atoms with van der Waals surface area (Å²) in [7, 11) is 3.21. The number of para-hydroxylation sites is 1. The fraction of sp³-hybridized carbons (Fsp3) is 0.500. The van der Waals surface area contributed by atoms with Gasteiger partial charge in [0.05, 0.1) is 6.61 Å². The molecule has 106 valence electrons. The first kappa shape index (κ1) is 15.5. The van der Waals surface area contributed by atoms with Crippen LogP contribution in [0.4, 0.5) is 0 Å². The van der Waals surface area contributed by atoms with Crippen LogP contribution in [-0.4, -0.2) is 44.2 Å². The van der Waals surface area contributed by atoms with Crippen molar-refractivity contribution in [1.82, 2.24) is 4.90 Å². The Morgan fingerprint density at radius 2 is 2.11 bits per heavy atom. The average Bonchev–Trinajstić information content (AvgIpc) is 2.42. The molecule has 0 fully saturated rings. The van der Waals surface area contributed by atoms with Crippen molar-refractivity contribution in [1.29, 1.82) is 0 Å². The van der Waals surface area contributed by atoms with Gasteiger partial charge in [0.2, 0.25) is 0 Å². The molecule has 0 bridgehead atoms. The Morgan fingerprint density at radius 3 is 2.68 bits per heavy atom. The Labute approximate surface area is 114 Å². The number of rotatable bonds is 7. The lowest BCUT2D eigenvalue weighted by Crippen LogP contribution is -2.41. The van der Waals surface area contributed by atoms with Gasteiger partial charge in [-0.1, -0.05) is 18.2 Å². The Hall–Kier alpha value is -1.59. The van der Waals surface area contributed by atoms with Gasteiger partial charge in [0.1, 0.15) is 11.9 Å². The van der Waals surface area contributed by atoms with Crippen LogP contribution in [-0.2, 0) is 16.1 Å². The number of nitrogens with zero attached hydrogens (tertiary/aromatic N) is 1. The number of hydrogen-bond donors (Lipinski definition) is 1. The number of methoxy groups -OCH3 is 1. The molecule has 1 rings (SSSR count). The number of likely N-dealkylation sites (N-methyl/N-ethyl adjacent to an activating group) is 1. The van der Waals surface area contributed by atoms with E-state index in [1.807, 2.05) is 31.2 Å². The van der Waals surface area contributed by atoms with Crippen molar-refractivity contribution in [2.75, 3.05) is 27.3 Å². The van der Waals surface area contributed by atoms with Gasteiger partial charge in [-0.15, -0.1) is 0 Å². The molecule has 0 heterocycles. The molecule has 1 atom stereocenters. The molecule has 0 aliphatic heterocycles. The van der Waals surface area contributed by atoms with Crippen LogP contribution in [0.15, 0.2) is 24.3 Å². The number of nitrogens with two attached hydrogens (primary N) is 1. The van der Waals surface area contributed by atoms with Crippen LogP contribution in [0.2, 0.25) is 0 Å². The van der Waals surface area contributed by atoms with Crippen LogP contribution >= 0.6 is 0 Å². The van der Waals surface area contributed by atoms with E-state index in [4.69, 9.17) is 15.2 Å². The standard InChI is InChI=1S/C14H22N2O3/c1-4-19-12-8-6-5-7-11(12)10-16(2)14(17)13(9-15)18-3/h5-8,13H,4,9-10,15H2,1-3H3. The van der Waals surface area contributed by atoms with Gasteiger partial charge in [-0.25, -0.2) is 0 Å². The number of ether oxygens (including phenoxy) is 2. The van der Waals surface area contributed by atoms with Crippen molar-refractivity contribution >= 4 is 5.91 Å². The highest BCUT2D eigenvalue weighted by Gasteiger charge is 2.20. The molecule has 0 saturated carbocycles. The monoisotopic (exact) mass is 266 g/mol. The molecule has 0 spiro atoms. The fourth-order valence-electron chi connectivity index (χ4n) is 1.81. The quantitative estimate of drug-likeness (QED) is 0.800. The molecule has 1 amide bonds.